The first kappa shape index (κ1) is 24.3. The van der Waals surface area contributed by atoms with Gasteiger partial charge in [-0.1, -0.05) is 42.5 Å². The number of thioether (sulfide) groups is 2. The predicted molar refractivity (Wildman–Crippen MR) is 133 cm³/mol. The highest BCUT2D eigenvalue weighted by Gasteiger charge is 2.31. The fourth-order valence-electron chi connectivity index (χ4n) is 3.94. The lowest BCUT2D eigenvalue weighted by Crippen LogP contribution is -2.22. The minimum atomic E-state index is -0.641. The fraction of sp³-hybridized carbons (Fsp3) is 0.346. The standard InChI is InChI=1S/C26H28O4S2/c1-17(27)22(18(2)28)13-14-23(19-9-11-21(30-3)12-10-19)24(26-31-15-16-32-26)25(29)20-7-5-4-6-8-20/h4-12,22-23H,13-16H2,1-3H3. The van der Waals surface area contributed by atoms with Crippen molar-refractivity contribution in [3.05, 3.63) is 75.5 Å². The van der Waals surface area contributed by atoms with E-state index in [9.17, 15) is 14.4 Å². The maximum atomic E-state index is 13.7. The maximum absolute atomic E-state index is 13.7. The molecule has 1 fully saturated rings. The van der Waals surface area contributed by atoms with Crippen LogP contribution < -0.4 is 4.74 Å². The first-order valence-corrected chi connectivity index (χ1v) is 12.6. The highest BCUT2D eigenvalue weighted by Crippen LogP contribution is 2.45. The number of hydrogen-bond donors (Lipinski definition) is 0. The van der Waals surface area contributed by atoms with Crippen molar-refractivity contribution in [3.63, 3.8) is 0 Å². The van der Waals surface area contributed by atoms with Crippen LogP contribution in [0, 0.1) is 5.92 Å². The second kappa shape index (κ2) is 11.5. The zero-order chi connectivity index (χ0) is 23.1. The van der Waals surface area contributed by atoms with Crippen molar-refractivity contribution < 1.29 is 19.1 Å². The highest BCUT2D eigenvalue weighted by atomic mass is 32.2. The van der Waals surface area contributed by atoms with Gasteiger partial charge in [-0.2, -0.15) is 0 Å². The lowest BCUT2D eigenvalue weighted by Gasteiger charge is -2.24. The Morgan fingerprint density at radius 1 is 0.875 bits per heavy atom. The molecule has 2 aromatic carbocycles. The Balaban J connectivity index is 2.06. The van der Waals surface area contributed by atoms with Crippen molar-refractivity contribution in [1.29, 1.82) is 0 Å². The predicted octanol–water partition coefficient (Wildman–Crippen LogP) is 5.93. The highest BCUT2D eigenvalue weighted by molar-refractivity contribution is 8.25. The van der Waals surface area contributed by atoms with E-state index in [1.165, 1.54) is 13.8 Å². The molecule has 0 spiro atoms. The van der Waals surface area contributed by atoms with Gasteiger partial charge in [-0.25, -0.2) is 0 Å². The third-order valence-corrected chi connectivity index (χ3v) is 8.39. The molecule has 1 unspecified atom stereocenters. The van der Waals surface area contributed by atoms with Crippen molar-refractivity contribution in [3.8, 4) is 5.75 Å². The number of ketones is 3. The van der Waals surface area contributed by atoms with E-state index >= 15 is 0 Å². The first-order chi connectivity index (χ1) is 15.4. The number of rotatable bonds is 10. The summed E-state index contributed by atoms with van der Waals surface area (Å²) in [6.07, 6.45) is 0.949. The van der Waals surface area contributed by atoms with Crippen LogP contribution >= 0.6 is 23.5 Å². The van der Waals surface area contributed by atoms with Crippen LogP contribution in [0.4, 0.5) is 0 Å². The molecule has 1 aliphatic heterocycles. The van der Waals surface area contributed by atoms with Crippen molar-refractivity contribution in [2.75, 3.05) is 18.6 Å². The number of carbonyl (C=O) groups excluding carboxylic acids is 3. The van der Waals surface area contributed by atoms with Crippen LogP contribution in [0.5, 0.6) is 5.75 Å². The van der Waals surface area contributed by atoms with Gasteiger partial charge in [0, 0.05) is 32.8 Å². The number of methoxy groups -OCH3 is 1. The quantitative estimate of drug-likeness (QED) is 0.245. The van der Waals surface area contributed by atoms with Crippen molar-refractivity contribution >= 4 is 40.9 Å². The second-order valence-electron chi connectivity index (χ2n) is 7.77. The topological polar surface area (TPSA) is 60.4 Å². The molecule has 0 radical (unpaired) electrons. The first-order valence-electron chi connectivity index (χ1n) is 10.7. The summed E-state index contributed by atoms with van der Waals surface area (Å²) in [4.78, 5) is 37.9. The van der Waals surface area contributed by atoms with Gasteiger partial charge in [0.1, 0.15) is 17.3 Å². The van der Waals surface area contributed by atoms with Gasteiger partial charge in [-0.3, -0.25) is 14.4 Å². The van der Waals surface area contributed by atoms with Gasteiger partial charge in [-0.15, -0.1) is 23.5 Å². The van der Waals surface area contributed by atoms with E-state index in [0.717, 1.165) is 32.6 Å². The number of Topliss-reactive ketones (excluding diaryl/α,β-unsaturated/α-hetero) is 3. The zero-order valence-corrected chi connectivity index (χ0v) is 20.3. The molecule has 0 bridgehead atoms. The molecule has 32 heavy (non-hydrogen) atoms. The lowest BCUT2D eigenvalue weighted by atomic mass is 9.81. The third-order valence-electron chi connectivity index (χ3n) is 5.64. The normalized spacial score (nSPS) is 14.3. The molecule has 0 N–H and O–H groups in total. The molecule has 0 amide bonds. The summed E-state index contributed by atoms with van der Waals surface area (Å²) in [5.41, 5.74) is 2.40. The minimum absolute atomic E-state index is 0.00511. The van der Waals surface area contributed by atoms with E-state index in [4.69, 9.17) is 4.74 Å². The summed E-state index contributed by atoms with van der Waals surface area (Å²) >= 11 is 3.43. The van der Waals surface area contributed by atoms with E-state index in [-0.39, 0.29) is 23.3 Å². The summed E-state index contributed by atoms with van der Waals surface area (Å²) in [6, 6.07) is 17.0. The number of allylic oxidation sites excluding steroid dienone is 1. The molecule has 1 aliphatic rings. The number of hydrogen-bond acceptors (Lipinski definition) is 6. The number of benzene rings is 2. The zero-order valence-electron chi connectivity index (χ0n) is 18.6. The molecule has 2 aromatic rings. The van der Waals surface area contributed by atoms with Crippen LogP contribution in [0.25, 0.3) is 0 Å². The SMILES string of the molecule is COc1ccc(C(CCC(C(C)=O)C(C)=O)C(C(=O)c2ccccc2)=C2SCCS2)cc1. The molecule has 168 valence electrons. The summed E-state index contributed by atoms with van der Waals surface area (Å²) in [5, 5.41) is 0. The molecule has 1 heterocycles. The molecule has 3 rings (SSSR count). The third kappa shape index (κ3) is 5.93. The van der Waals surface area contributed by atoms with Gasteiger partial charge in [0.15, 0.2) is 5.78 Å². The molecular weight excluding hydrogens is 440 g/mol. The van der Waals surface area contributed by atoms with Crippen molar-refractivity contribution in [2.45, 2.75) is 32.6 Å². The number of ether oxygens (including phenoxy) is 1. The van der Waals surface area contributed by atoms with E-state index in [1.807, 2.05) is 54.6 Å². The maximum Gasteiger partial charge on any atom is 0.191 e. The Kier molecular flexibility index (Phi) is 8.76. The molecular formula is C26H28O4S2. The van der Waals surface area contributed by atoms with E-state index in [0.29, 0.717) is 18.4 Å². The average Bonchev–Trinajstić information content (AvgIpc) is 3.33. The van der Waals surface area contributed by atoms with Crippen LogP contribution in [0.1, 0.15) is 48.5 Å². The van der Waals surface area contributed by atoms with E-state index in [2.05, 4.69) is 0 Å². The summed E-state index contributed by atoms with van der Waals surface area (Å²) in [6.45, 7) is 2.93. The molecule has 1 saturated heterocycles. The van der Waals surface area contributed by atoms with Gasteiger partial charge < -0.3 is 4.74 Å². The summed E-state index contributed by atoms with van der Waals surface area (Å²) < 4.78 is 6.35. The molecule has 6 heteroatoms. The van der Waals surface area contributed by atoms with Gasteiger partial charge >= 0.3 is 0 Å². The van der Waals surface area contributed by atoms with Gasteiger partial charge in [0.25, 0.3) is 0 Å². The second-order valence-corrected chi connectivity index (χ2v) is 10.2. The lowest BCUT2D eigenvalue weighted by molar-refractivity contribution is -0.130. The van der Waals surface area contributed by atoms with Crippen LogP contribution in [0.3, 0.4) is 0 Å². The molecule has 0 aliphatic carbocycles. The summed E-state index contributed by atoms with van der Waals surface area (Å²) in [7, 11) is 1.62. The smallest absolute Gasteiger partial charge is 0.191 e. The van der Waals surface area contributed by atoms with Crippen LogP contribution in [0.15, 0.2) is 64.4 Å². The average molecular weight is 469 g/mol. The van der Waals surface area contributed by atoms with Crippen LogP contribution in [-0.2, 0) is 9.59 Å². The monoisotopic (exact) mass is 468 g/mol. The largest absolute Gasteiger partial charge is 0.497 e. The van der Waals surface area contributed by atoms with Crippen LogP contribution in [-0.4, -0.2) is 36.0 Å². The van der Waals surface area contributed by atoms with Gasteiger partial charge in [-0.05, 0) is 44.4 Å². The Labute approximate surface area is 198 Å². The molecule has 0 aromatic heterocycles. The van der Waals surface area contributed by atoms with Gasteiger partial charge in [0.05, 0.1) is 13.0 Å². The molecule has 4 nitrogen and oxygen atoms in total. The van der Waals surface area contributed by atoms with E-state index < -0.39 is 5.92 Å². The fourth-order valence-corrected chi connectivity index (χ4v) is 6.60. The number of carbonyl (C=O) groups is 3. The van der Waals surface area contributed by atoms with Crippen molar-refractivity contribution in [2.24, 2.45) is 5.92 Å². The minimum Gasteiger partial charge on any atom is -0.497 e. The van der Waals surface area contributed by atoms with Crippen molar-refractivity contribution in [1.82, 2.24) is 0 Å². The Bertz CT molecular complexity index is 974. The Hall–Kier alpha value is -2.31. The molecule has 1 atom stereocenters. The van der Waals surface area contributed by atoms with Crippen LogP contribution in [0.2, 0.25) is 0 Å². The molecule has 0 saturated carbocycles. The van der Waals surface area contributed by atoms with E-state index in [1.54, 1.807) is 30.6 Å². The Morgan fingerprint density at radius 3 is 2.00 bits per heavy atom. The Morgan fingerprint density at radius 2 is 1.47 bits per heavy atom. The van der Waals surface area contributed by atoms with Gasteiger partial charge in [0.2, 0.25) is 0 Å². The summed E-state index contributed by atoms with van der Waals surface area (Å²) in [5.74, 6) is 1.56.